The molecule has 0 aliphatic heterocycles. The lowest BCUT2D eigenvalue weighted by Crippen LogP contribution is -2.30. The number of hydrogen-bond acceptors (Lipinski definition) is 4. The van der Waals surface area contributed by atoms with E-state index >= 15 is 0 Å². The van der Waals surface area contributed by atoms with E-state index in [1.807, 2.05) is 11.4 Å². The van der Waals surface area contributed by atoms with Gasteiger partial charge in [-0.25, -0.2) is 0 Å². The Bertz CT molecular complexity index is 650. The fraction of sp³-hybridized carbons (Fsp3) is 0.267. The molecule has 5 heteroatoms. The van der Waals surface area contributed by atoms with Crippen molar-refractivity contribution in [1.29, 1.82) is 0 Å². The molecule has 1 aromatic heterocycles. The number of fused-ring (bicyclic) bond motifs is 1. The molecular weight excluding hydrogens is 274 g/mol. The number of para-hydroxylation sites is 1. The van der Waals surface area contributed by atoms with Crippen molar-refractivity contribution < 1.29 is 15.0 Å². The highest BCUT2D eigenvalue weighted by molar-refractivity contribution is 7.10. The summed E-state index contributed by atoms with van der Waals surface area (Å²) >= 11 is 1.72. The summed E-state index contributed by atoms with van der Waals surface area (Å²) in [7, 11) is 0. The number of amides is 1. The molecule has 104 valence electrons. The first kappa shape index (κ1) is 13.0. The number of rotatable bonds is 2. The van der Waals surface area contributed by atoms with Crippen LogP contribution in [0.3, 0.4) is 0 Å². The smallest absolute Gasteiger partial charge is 0.255 e. The monoisotopic (exact) mass is 289 g/mol. The first-order valence-corrected chi connectivity index (χ1v) is 7.43. The van der Waals surface area contributed by atoms with E-state index < -0.39 is 0 Å². The first-order valence-electron chi connectivity index (χ1n) is 6.55. The van der Waals surface area contributed by atoms with Crippen molar-refractivity contribution in [3.8, 4) is 11.5 Å². The number of carbonyl (C=O) groups is 1. The largest absolute Gasteiger partial charge is 0.504 e. The molecule has 20 heavy (non-hydrogen) atoms. The van der Waals surface area contributed by atoms with E-state index in [-0.39, 0.29) is 29.0 Å². The Morgan fingerprint density at radius 2 is 2.15 bits per heavy atom. The van der Waals surface area contributed by atoms with Crippen LogP contribution in [0.25, 0.3) is 0 Å². The van der Waals surface area contributed by atoms with Gasteiger partial charge < -0.3 is 15.5 Å². The van der Waals surface area contributed by atoms with Crippen LogP contribution in [0.1, 0.15) is 39.7 Å². The minimum absolute atomic E-state index is 0.0146. The third kappa shape index (κ3) is 2.25. The molecule has 1 aromatic carbocycles. The second kappa shape index (κ2) is 5.17. The fourth-order valence-corrected chi connectivity index (χ4v) is 3.57. The summed E-state index contributed by atoms with van der Waals surface area (Å²) in [6.07, 6.45) is 3.01. The summed E-state index contributed by atoms with van der Waals surface area (Å²) in [5.41, 5.74) is 1.28. The van der Waals surface area contributed by atoms with Crippen molar-refractivity contribution in [1.82, 2.24) is 5.32 Å². The Balaban J connectivity index is 1.83. The number of benzene rings is 1. The summed E-state index contributed by atoms with van der Waals surface area (Å²) in [5, 5.41) is 24.2. The van der Waals surface area contributed by atoms with E-state index in [9.17, 15) is 15.0 Å². The number of nitrogens with one attached hydrogen (secondary N) is 1. The molecular formula is C15H15NO3S. The molecule has 1 unspecified atom stereocenters. The van der Waals surface area contributed by atoms with Crippen LogP contribution in [0.4, 0.5) is 0 Å². The van der Waals surface area contributed by atoms with Gasteiger partial charge in [-0.05, 0) is 48.4 Å². The van der Waals surface area contributed by atoms with Gasteiger partial charge in [0, 0.05) is 4.88 Å². The maximum atomic E-state index is 12.2. The number of carbonyl (C=O) groups excluding carboxylic acids is 1. The number of aryl methyl sites for hydroxylation is 1. The van der Waals surface area contributed by atoms with Crippen molar-refractivity contribution in [3.63, 3.8) is 0 Å². The number of phenolic OH excluding ortho intramolecular Hbond substituents is 2. The Morgan fingerprint density at radius 3 is 3.00 bits per heavy atom. The topological polar surface area (TPSA) is 69.6 Å². The SMILES string of the molecule is O=C(NC1CCCc2sccc21)c1cccc(O)c1O. The summed E-state index contributed by atoms with van der Waals surface area (Å²) in [4.78, 5) is 13.6. The summed E-state index contributed by atoms with van der Waals surface area (Å²) in [5.74, 6) is -1.01. The molecule has 3 rings (SSSR count). The van der Waals surface area contributed by atoms with Crippen LogP contribution in [0.15, 0.2) is 29.6 Å². The van der Waals surface area contributed by atoms with Gasteiger partial charge in [0.25, 0.3) is 5.91 Å². The zero-order chi connectivity index (χ0) is 14.1. The molecule has 4 nitrogen and oxygen atoms in total. The molecule has 1 atom stereocenters. The van der Waals surface area contributed by atoms with Gasteiger partial charge in [0.15, 0.2) is 11.5 Å². The molecule has 1 heterocycles. The van der Waals surface area contributed by atoms with Crippen molar-refractivity contribution in [2.45, 2.75) is 25.3 Å². The molecule has 0 fully saturated rings. The Labute approximate surface area is 120 Å². The zero-order valence-electron chi connectivity index (χ0n) is 10.8. The highest BCUT2D eigenvalue weighted by Gasteiger charge is 2.24. The number of hydrogen-bond donors (Lipinski definition) is 3. The van der Waals surface area contributed by atoms with Gasteiger partial charge in [-0.15, -0.1) is 11.3 Å². The van der Waals surface area contributed by atoms with E-state index in [0.717, 1.165) is 19.3 Å². The van der Waals surface area contributed by atoms with Crippen LogP contribution in [0.2, 0.25) is 0 Å². The second-order valence-electron chi connectivity index (χ2n) is 4.89. The van der Waals surface area contributed by atoms with Crippen LogP contribution < -0.4 is 5.32 Å². The molecule has 3 N–H and O–H groups in total. The molecule has 0 saturated carbocycles. The lowest BCUT2D eigenvalue weighted by atomic mass is 9.94. The Kier molecular flexibility index (Phi) is 3.36. The van der Waals surface area contributed by atoms with Gasteiger partial charge >= 0.3 is 0 Å². The average molecular weight is 289 g/mol. The van der Waals surface area contributed by atoms with Gasteiger partial charge in [0.1, 0.15) is 0 Å². The normalized spacial score (nSPS) is 17.5. The van der Waals surface area contributed by atoms with Gasteiger partial charge in [-0.3, -0.25) is 4.79 Å². The van der Waals surface area contributed by atoms with Gasteiger partial charge in [-0.1, -0.05) is 6.07 Å². The molecule has 0 spiro atoms. The third-order valence-corrected chi connectivity index (χ3v) is 4.61. The number of phenols is 2. The Morgan fingerprint density at radius 1 is 1.30 bits per heavy atom. The third-order valence-electron chi connectivity index (χ3n) is 3.62. The van der Waals surface area contributed by atoms with E-state index in [1.165, 1.54) is 22.6 Å². The molecule has 2 aromatic rings. The van der Waals surface area contributed by atoms with Crippen LogP contribution >= 0.6 is 11.3 Å². The minimum Gasteiger partial charge on any atom is -0.504 e. The molecule has 1 amide bonds. The van der Waals surface area contributed by atoms with Gasteiger partial charge in [0.2, 0.25) is 0 Å². The second-order valence-corrected chi connectivity index (χ2v) is 5.89. The maximum Gasteiger partial charge on any atom is 0.255 e. The Hall–Kier alpha value is -2.01. The molecule has 0 radical (unpaired) electrons. The summed E-state index contributed by atoms with van der Waals surface area (Å²) in [6, 6.07) is 6.43. The lowest BCUT2D eigenvalue weighted by molar-refractivity contribution is 0.0929. The van der Waals surface area contributed by atoms with Crippen LogP contribution in [0.5, 0.6) is 11.5 Å². The van der Waals surface area contributed by atoms with Crippen molar-refractivity contribution >= 4 is 17.2 Å². The van der Waals surface area contributed by atoms with Crippen molar-refractivity contribution in [2.75, 3.05) is 0 Å². The van der Waals surface area contributed by atoms with E-state index in [2.05, 4.69) is 5.32 Å². The molecule has 0 saturated heterocycles. The predicted octanol–water partition coefficient (Wildman–Crippen LogP) is 2.97. The fourth-order valence-electron chi connectivity index (χ4n) is 2.59. The van der Waals surface area contributed by atoms with Crippen molar-refractivity contribution in [3.05, 3.63) is 45.6 Å². The first-order chi connectivity index (χ1) is 9.66. The lowest BCUT2D eigenvalue weighted by Gasteiger charge is -2.23. The van der Waals surface area contributed by atoms with Crippen LogP contribution in [-0.2, 0) is 6.42 Å². The maximum absolute atomic E-state index is 12.2. The minimum atomic E-state index is -0.369. The zero-order valence-corrected chi connectivity index (χ0v) is 11.6. The highest BCUT2D eigenvalue weighted by atomic mass is 32.1. The van der Waals surface area contributed by atoms with Crippen LogP contribution in [-0.4, -0.2) is 16.1 Å². The number of aromatic hydroxyl groups is 2. The van der Waals surface area contributed by atoms with Gasteiger partial charge in [-0.2, -0.15) is 0 Å². The quantitative estimate of drug-likeness (QED) is 0.744. The van der Waals surface area contributed by atoms with E-state index in [1.54, 1.807) is 17.4 Å². The summed E-state index contributed by atoms with van der Waals surface area (Å²) < 4.78 is 0. The average Bonchev–Trinajstić information content (AvgIpc) is 2.91. The number of thiophene rings is 1. The highest BCUT2D eigenvalue weighted by Crippen LogP contribution is 2.34. The standard InChI is InChI=1S/C15H15NO3S/c17-12-5-1-3-10(14(12)18)15(19)16-11-4-2-6-13-9(11)7-8-20-13/h1,3,5,7-8,11,17-18H,2,4,6H2,(H,16,19). The molecule has 1 aliphatic rings. The summed E-state index contributed by atoms with van der Waals surface area (Å²) in [6.45, 7) is 0. The molecule has 0 bridgehead atoms. The van der Waals surface area contributed by atoms with Crippen LogP contribution in [0, 0.1) is 0 Å². The van der Waals surface area contributed by atoms with E-state index in [0.29, 0.717) is 0 Å². The van der Waals surface area contributed by atoms with E-state index in [4.69, 9.17) is 0 Å². The van der Waals surface area contributed by atoms with Gasteiger partial charge in [0.05, 0.1) is 11.6 Å². The molecule has 1 aliphatic carbocycles. The predicted molar refractivity (Wildman–Crippen MR) is 77.2 cm³/mol. The van der Waals surface area contributed by atoms with Crippen molar-refractivity contribution in [2.24, 2.45) is 0 Å².